The number of rotatable bonds is 4. The van der Waals surface area contributed by atoms with Gasteiger partial charge in [0.05, 0.1) is 10.6 Å². The molecule has 1 aliphatic heterocycles. The molecule has 32 heavy (non-hydrogen) atoms. The minimum Gasteiger partial charge on any atom is -0.337 e. The van der Waals surface area contributed by atoms with E-state index >= 15 is 0 Å². The Hall–Kier alpha value is -2.58. The molecule has 1 saturated heterocycles. The minimum atomic E-state index is -4.42. The van der Waals surface area contributed by atoms with Crippen LogP contribution in [-0.2, 0) is 12.7 Å². The van der Waals surface area contributed by atoms with E-state index in [1.165, 1.54) is 24.3 Å². The van der Waals surface area contributed by atoms with Crippen LogP contribution in [0.1, 0.15) is 46.2 Å². The average molecular weight is 483 g/mol. The van der Waals surface area contributed by atoms with Crippen LogP contribution in [0.5, 0.6) is 0 Å². The molecule has 1 amide bonds. The number of nitrogens with zero attached hydrogens (tertiary/aromatic N) is 4. The number of pyridine rings is 1. The van der Waals surface area contributed by atoms with Crippen molar-refractivity contribution in [2.45, 2.75) is 31.5 Å². The van der Waals surface area contributed by atoms with E-state index in [1.54, 1.807) is 27.9 Å². The highest BCUT2D eigenvalue weighted by molar-refractivity contribution is 6.34. The van der Waals surface area contributed by atoms with E-state index in [-0.39, 0.29) is 39.8 Å². The molecule has 2 aromatic heterocycles. The zero-order chi connectivity index (χ0) is 22.9. The third-order valence-corrected chi connectivity index (χ3v) is 6.09. The van der Waals surface area contributed by atoms with Crippen LogP contribution < -0.4 is 0 Å². The molecule has 0 bridgehead atoms. The highest BCUT2D eigenvalue weighted by atomic mass is 35.5. The van der Waals surface area contributed by atoms with Crippen LogP contribution in [0.3, 0.4) is 0 Å². The zero-order valence-electron chi connectivity index (χ0n) is 16.8. The number of hydrogen-bond acceptors (Lipinski definition) is 3. The van der Waals surface area contributed by atoms with E-state index in [1.807, 2.05) is 0 Å². The molecule has 0 unspecified atom stereocenters. The van der Waals surface area contributed by atoms with Gasteiger partial charge in [-0.2, -0.15) is 13.2 Å². The summed E-state index contributed by atoms with van der Waals surface area (Å²) in [5.74, 6) is 0.446. The van der Waals surface area contributed by atoms with Crippen molar-refractivity contribution in [2.75, 3.05) is 13.1 Å². The lowest BCUT2D eigenvalue weighted by Gasteiger charge is -2.32. The quantitative estimate of drug-likeness (QED) is 0.450. The molecule has 5 nitrogen and oxygen atoms in total. The van der Waals surface area contributed by atoms with Crippen LogP contribution in [0, 0.1) is 0 Å². The minimum absolute atomic E-state index is 0.0230. The van der Waals surface area contributed by atoms with Crippen molar-refractivity contribution in [3.8, 4) is 0 Å². The molecule has 1 aliphatic rings. The molecule has 0 radical (unpaired) electrons. The number of halogens is 5. The van der Waals surface area contributed by atoms with E-state index in [2.05, 4.69) is 9.97 Å². The van der Waals surface area contributed by atoms with E-state index in [0.717, 1.165) is 6.07 Å². The smallest absolute Gasteiger partial charge is 0.337 e. The Morgan fingerprint density at radius 3 is 2.53 bits per heavy atom. The zero-order valence-corrected chi connectivity index (χ0v) is 18.3. The van der Waals surface area contributed by atoms with Crippen LogP contribution in [0.25, 0.3) is 0 Å². The van der Waals surface area contributed by atoms with Crippen molar-refractivity contribution in [3.05, 3.63) is 81.6 Å². The molecular weight excluding hydrogens is 464 g/mol. The molecule has 1 fully saturated rings. The highest BCUT2D eigenvalue weighted by Crippen LogP contribution is 2.33. The SMILES string of the molecule is O=C(c1nc(Cl)ccc1Cl)N1CCC(c2nccn2Cc2ccccc2C(F)(F)F)CC1. The molecule has 0 saturated carbocycles. The second kappa shape index (κ2) is 9.11. The average Bonchev–Trinajstić information content (AvgIpc) is 3.23. The summed E-state index contributed by atoms with van der Waals surface area (Å²) in [7, 11) is 0. The maximum absolute atomic E-state index is 13.4. The van der Waals surface area contributed by atoms with Crippen molar-refractivity contribution < 1.29 is 18.0 Å². The molecular formula is C22H19Cl2F3N4O. The van der Waals surface area contributed by atoms with Crippen LogP contribution >= 0.6 is 23.2 Å². The summed E-state index contributed by atoms with van der Waals surface area (Å²) in [4.78, 5) is 22.9. The van der Waals surface area contributed by atoms with Crippen LogP contribution in [0.4, 0.5) is 13.2 Å². The molecule has 10 heteroatoms. The number of hydrogen-bond donors (Lipinski definition) is 0. The van der Waals surface area contributed by atoms with E-state index in [4.69, 9.17) is 23.2 Å². The first-order valence-corrected chi connectivity index (χ1v) is 10.8. The van der Waals surface area contributed by atoms with Crippen molar-refractivity contribution >= 4 is 29.1 Å². The van der Waals surface area contributed by atoms with Crippen molar-refractivity contribution in [1.29, 1.82) is 0 Å². The van der Waals surface area contributed by atoms with Crippen LogP contribution in [0.15, 0.2) is 48.8 Å². The Morgan fingerprint density at radius 1 is 1.09 bits per heavy atom. The molecule has 0 aliphatic carbocycles. The van der Waals surface area contributed by atoms with Gasteiger partial charge in [0, 0.05) is 37.9 Å². The van der Waals surface area contributed by atoms with Crippen molar-refractivity contribution in [1.82, 2.24) is 19.4 Å². The fraction of sp³-hybridized carbons (Fsp3) is 0.318. The fourth-order valence-electron chi connectivity index (χ4n) is 3.99. The third kappa shape index (κ3) is 4.76. The Kier molecular flexibility index (Phi) is 6.44. The number of amides is 1. The maximum Gasteiger partial charge on any atom is 0.416 e. The second-order valence-electron chi connectivity index (χ2n) is 7.60. The number of alkyl halides is 3. The van der Waals surface area contributed by atoms with Gasteiger partial charge in [-0.05, 0) is 36.6 Å². The number of carbonyl (C=O) groups excluding carboxylic acids is 1. The molecule has 168 valence electrons. The number of piperidine rings is 1. The van der Waals surface area contributed by atoms with E-state index < -0.39 is 11.7 Å². The van der Waals surface area contributed by atoms with Gasteiger partial charge in [0.15, 0.2) is 0 Å². The lowest BCUT2D eigenvalue weighted by atomic mass is 9.95. The van der Waals surface area contributed by atoms with Gasteiger partial charge in [-0.3, -0.25) is 4.79 Å². The van der Waals surface area contributed by atoms with Crippen molar-refractivity contribution in [2.24, 2.45) is 0 Å². The molecule has 0 atom stereocenters. The topological polar surface area (TPSA) is 51.0 Å². The van der Waals surface area contributed by atoms with Gasteiger partial charge in [0.25, 0.3) is 5.91 Å². The Balaban J connectivity index is 1.47. The largest absolute Gasteiger partial charge is 0.416 e. The summed E-state index contributed by atoms with van der Waals surface area (Å²) in [6.45, 7) is 0.992. The number of likely N-dealkylation sites (tertiary alicyclic amines) is 1. The Bertz CT molecular complexity index is 1120. The molecule has 1 aromatic carbocycles. The lowest BCUT2D eigenvalue weighted by Crippen LogP contribution is -2.39. The summed E-state index contributed by atoms with van der Waals surface area (Å²) in [5, 5.41) is 0.425. The van der Waals surface area contributed by atoms with Gasteiger partial charge in [-0.1, -0.05) is 41.4 Å². The molecule has 0 spiro atoms. The normalized spacial score (nSPS) is 15.2. The second-order valence-corrected chi connectivity index (χ2v) is 8.39. The monoisotopic (exact) mass is 482 g/mol. The van der Waals surface area contributed by atoms with E-state index in [0.29, 0.717) is 31.8 Å². The maximum atomic E-state index is 13.4. The van der Waals surface area contributed by atoms with Gasteiger partial charge in [-0.15, -0.1) is 0 Å². The summed E-state index contributed by atoms with van der Waals surface area (Å²) in [6.07, 6.45) is 0.122. The molecule has 4 rings (SSSR count). The summed E-state index contributed by atoms with van der Waals surface area (Å²) < 4.78 is 41.8. The first kappa shape index (κ1) is 22.6. The predicted octanol–water partition coefficient (Wildman–Crippen LogP) is 5.67. The molecule has 0 N–H and O–H groups in total. The Labute approximate surface area is 192 Å². The number of aromatic nitrogens is 3. The predicted molar refractivity (Wildman–Crippen MR) is 115 cm³/mol. The summed E-state index contributed by atoms with van der Waals surface area (Å²) in [6, 6.07) is 8.60. The molecule has 3 aromatic rings. The third-order valence-electron chi connectivity index (χ3n) is 5.57. The van der Waals surface area contributed by atoms with Gasteiger partial charge in [0.2, 0.25) is 0 Å². The van der Waals surface area contributed by atoms with Crippen LogP contribution in [-0.4, -0.2) is 38.4 Å². The highest BCUT2D eigenvalue weighted by Gasteiger charge is 2.33. The summed E-state index contributed by atoms with van der Waals surface area (Å²) in [5.41, 5.74) is -0.345. The fourth-order valence-corrected chi connectivity index (χ4v) is 4.33. The number of carbonyl (C=O) groups is 1. The number of imidazole rings is 1. The standard InChI is InChI=1S/C22H19Cl2F3N4O/c23-17-5-6-18(24)29-19(17)21(32)30-10-7-14(8-11-30)20-28-9-12-31(20)13-15-3-1-2-4-16(15)22(25,26)27/h1-6,9,12,14H,7-8,10-11,13H2. The van der Waals surface area contributed by atoms with Gasteiger partial charge in [-0.25, -0.2) is 9.97 Å². The van der Waals surface area contributed by atoms with Crippen LogP contribution in [0.2, 0.25) is 10.2 Å². The number of benzene rings is 1. The Morgan fingerprint density at radius 2 is 1.81 bits per heavy atom. The first-order chi connectivity index (χ1) is 15.2. The summed E-state index contributed by atoms with van der Waals surface area (Å²) >= 11 is 12.0. The lowest BCUT2D eigenvalue weighted by molar-refractivity contribution is -0.138. The van der Waals surface area contributed by atoms with Gasteiger partial charge in [0.1, 0.15) is 16.7 Å². The molecule has 3 heterocycles. The van der Waals surface area contributed by atoms with Gasteiger partial charge < -0.3 is 9.47 Å². The van der Waals surface area contributed by atoms with Crippen molar-refractivity contribution in [3.63, 3.8) is 0 Å². The van der Waals surface area contributed by atoms with E-state index in [9.17, 15) is 18.0 Å². The first-order valence-electron chi connectivity index (χ1n) is 10.0. The van der Waals surface area contributed by atoms with Gasteiger partial charge >= 0.3 is 6.18 Å².